The zero-order valence-corrected chi connectivity index (χ0v) is 17.9. The first-order valence-electron chi connectivity index (χ1n) is 9.55. The van der Waals surface area contributed by atoms with Crippen molar-refractivity contribution in [1.82, 2.24) is 19.7 Å². The van der Waals surface area contributed by atoms with Gasteiger partial charge in [0.1, 0.15) is 0 Å². The second-order valence-corrected chi connectivity index (χ2v) is 7.34. The molecule has 1 N–H and O–H groups in total. The number of carbonyl (C=O) groups is 3. The van der Waals surface area contributed by atoms with Gasteiger partial charge in [-0.1, -0.05) is 0 Å². The largest absolute Gasteiger partial charge is 0.451 e. The maximum atomic E-state index is 12.8. The molecule has 0 saturated heterocycles. The molecule has 0 spiro atoms. The minimum atomic E-state index is -1.02. The summed E-state index contributed by atoms with van der Waals surface area (Å²) in [5, 5.41) is 4.36. The zero-order valence-electron chi connectivity index (χ0n) is 17.9. The Bertz CT molecular complexity index is 1140. The smallest absolute Gasteiger partial charge is 0.340 e. The molecular weight excluding hydrogens is 384 g/mol. The number of ether oxygens (including phenoxy) is 1. The number of Topliss-reactive ketones (excluding diaryl/α,β-unsaturated/α-hetero) is 2. The third kappa shape index (κ3) is 3.94. The number of aromatic amines is 1. The van der Waals surface area contributed by atoms with Crippen molar-refractivity contribution in [2.45, 2.75) is 47.6 Å². The Labute approximate surface area is 174 Å². The highest BCUT2D eigenvalue weighted by atomic mass is 16.5. The van der Waals surface area contributed by atoms with Crippen LogP contribution in [-0.4, -0.2) is 43.4 Å². The lowest BCUT2D eigenvalue weighted by Crippen LogP contribution is -2.25. The predicted octanol–water partition coefficient (Wildman–Crippen LogP) is 3.46. The topological polar surface area (TPSA) is 107 Å². The Morgan fingerprint density at radius 3 is 2.33 bits per heavy atom. The van der Waals surface area contributed by atoms with Crippen LogP contribution in [0.5, 0.6) is 0 Å². The van der Waals surface area contributed by atoms with Gasteiger partial charge in [0.15, 0.2) is 17.7 Å². The first-order chi connectivity index (χ1) is 14.1. The number of pyridine rings is 1. The van der Waals surface area contributed by atoms with Gasteiger partial charge in [0.05, 0.1) is 17.0 Å². The summed E-state index contributed by atoms with van der Waals surface area (Å²) in [6.45, 7) is 10.2. The molecule has 0 radical (unpaired) electrons. The fourth-order valence-corrected chi connectivity index (χ4v) is 3.50. The fraction of sp³-hybridized carbons (Fsp3) is 0.318. The standard InChI is InChI=1S/C22H24N4O4/c1-11-9-12(2)26(25-11)18-8-7-17(10-23-18)22(29)30-16(6)21(28)20-13(3)19(15(5)27)14(4)24-20/h7-10,16,24H,1-6H3. The van der Waals surface area contributed by atoms with Gasteiger partial charge in [-0.05, 0) is 65.3 Å². The highest BCUT2D eigenvalue weighted by molar-refractivity contribution is 6.05. The van der Waals surface area contributed by atoms with E-state index in [2.05, 4.69) is 15.1 Å². The van der Waals surface area contributed by atoms with Crippen LogP contribution in [0.3, 0.4) is 0 Å². The van der Waals surface area contributed by atoms with Crippen LogP contribution in [0.4, 0.5) is 0 Å². The Hall–Kier alpha value is -3.55. The summed E-state index contributed by atoms with van der Waals surface area (Å²) in [5.74, 6) is -0.603. The first kappa shape index (κ1) is 21.2. The molecule has 0 aliphatic rings. The highest BCUT2D eigenvalue weighted by Gasteiger charge is 2.26. The van der Waals surface area contributed by atoms with Crippen LogP contribution in [0.25, 0.3) is 5.82 Å². The highest BCUT2D eigenvalue weighted by Crippen LogP contribution is 2.21. The van der Waals surface area contributed by atoms with Crippen molar-refractivity contribution in [3.8, 4) is 5.82 Å². The fourth-order valence-electron chi connectivity index (χ4n) is 3.50. The summed E-state index contributed by atoms with van der Waals surface area (Å²) < 4.78 is 7.01. The molecular formula is C22H24N4O4. The zero-order chi connectivity index (χ0) is 22.2. The third-order valence-corrected chi connectivity index (χ3v) is 4.90. The molecule has 0 aliphatic carbocycles. The molecule has 3 heterocycles. The number of aryl methyl sites for hydroxylation is 3. The second-order valence-electron chi connectivity index (χ2n) is 7.34. The molecule has 3 aromatic rings. The van der Waals surface area contributed by atoms with Gasteiger partial charge in [0.25, 0.3) is 0 Å². The van der Waals surface area contributed by atoms with Gasteiger partial charge >= 0.3 is 5.97 Å². The molecule has 30 heavy (non-hydrogen) atoms. The van der Waals surface area contributed by atoms with Crippen molar-refractivity contribution in [3.05, 3.63) is 63.9 Å². The van der Waals surface area contributed by atoms with E-state index in [1.807, 2.05) is 19.9 Å². The van der Waals surface area contributed by atoms with Crippen LogP contribution in [0.2, 0.25) is 0 Å². The summed E-state index contributed by atoms with van der Waals surface area (Å²) in [4.78, 5) is 44.2. The number of aromatic nitrogens is 4. The van der Waals surface area contributed by atoms with Crippen LogP contribution in [-0.2, 0) is 4.74 Å². The molecule has 8 heteroatoms. The minimum absolute atomic E-state index is 0.126. The van der Waals surface area contributed by atoms with Gasteiger partial charge < -0.3 is 9.72 Å². The lowest BCUT2D eigenvalue weighted by Gasteiger charge is -2.12. The third-order valence-electron chi connectivity index (χ3n) is 4.90. The number of hydrogen-bond acceptors (Lipinski definition) is 6. The van der Waals surface area contributed by atoms with Crippen LogP contribution >= 0.6 is 0 Å². The number of hydrogen-bond donors (Lipinski definition) is 1. The second kappa shape index (κ2) is 8.06. The van der Waals surface area contributed by atoms with Gasteiger partial charge in [0, 0.05) is 23.1 Å². The van der Waals surface area contributed by atoms with Crippen molar-refractivity contribution in [2.24, 2.45) is 0 Å². The SMILES string of the molecule is CC(=O)c1c(C)[nH]c(C(=O)C(C)OC(=O)c2ccc(-n3nc(C)cc3C)nc2)c1C. The summed E-state index contributed by atoms with van der Waals surface area (Å²) in [5.41, 5.74) is 3.96. The van der Waals surface area contributed by atoms with Gasteiger partial charge in [-0.3, -0.25) is 9.59 Å². The van der Waals surface area contributed by atoms with Crippen molar-refractivity contribution in [3.63, 3.8) is 0 Å². The Balaban J connectivity index is 1.74. The number of rotatable bonds is 6. The molecule has 0 fully saturated rings. The van der Waals surface area contributed by atoms with E-state index in [9.17, 15) is 14.4 Å². The lowest BCUT2D eigenvalue weighted by atomic mass is 10.0. The molecule has 1 unspecified atom stereocenters. The van der Waals surface area contributed by atoms with Gasteiger partial charge in [0.2, 0.25) is 5.78 Å². The Kier molecular flexibility index (Phi) is 5.69. The molecule has 0 saturated carbocycles. The number of nitrogens with zero attached hydrogens (tertiary/aromatic N) is 3. The van der Waals surface area contributed by atoms with Gasteiger partial charge in [-0.25, -0.2) is 14.5 Å². The van der Waals surface area contributed by atoms with Crippen molar-refractivity contribution < 1.29 is 19.1 Å². The molecule has 0 aliphatic heterocycles. The normalized spacial score (nSPS) is 11.9. The maximum absolute atomic E-state index is 12.8. The average molecular weight is 408 g/mol. The van der Waals surface area contributed by atoms with E-state index in [0.29, 0.717) is 22.6 Å². The average Bonchev–Trinajstić information content (AvgIpc) is 3.18. The maximum Gasteiger partial charge on any atom is 0.340 e. The van der Waals surface area contributed by atoms with E-state index in [1.54, 1.807) is 30.7 Å². The molecule has 0 bridgehead atoms. The number of ketones is 2. The van der Waals surface area contributed by atoms with E-state index in [4.69, 9.17) is 4.74 Å². The molecule has 0 aromatic carbocycles. The Morgan fingerprint density at radius 1 is 1.13 bits per heavy atom. The molecule has 8 nitrogen and oxygen atoms in total. The molecule has 0 amide bonds. The summed E-state index contributed by atoms with van der Waals surface area (Å²) in [6.07, 6.45) is 0.369. The Morgan fingerprint density at radius 2 is 1.83 bits per heavy atom. The van der Waals surface area contributed by atoms with E-state index in [-0.39, 0.29) is 17.0 Å². The number of carbonyl (C=O) groups excluding carboxylic acids is 3. The van der Waals surface area contributed by atoms with Crippen LogP contribution in [0.1, 0.15) is 67.7 Å². The number of esters is 1. The van der Waals surface area contributed by atoms with Gasteiger partial charge in [-0.15, -0.1) is 0 Å². The molecule has 1 atom stereocenters. The molecule has 3 aromatic heterocycles. The monoisotopic (exact) mass is 408 g/mol. The van der Waals surface area contributed by atoms with E-state index in [0.717, 1.165) is 11.4 Å². The van der Waals surface area contributed by atoms with Gasteiger partial charge in [-0.2, -0.15) is 5.10 Å². The van der Waals surface area contributed by atoms with E-state index >= 15 is 0 Å². The van der Waals surface area contributed by atoms with Crippen LogP contribution in [0.15, 0.2) is 24.4 Å². The summed E-state index contributed by atoms with van der Waals surface area (Å²) in [6, 6.07) is 5.18. The van der Waals surface area contributed by atoms with Crippen LogP contribution < -0.4 is 0 Å². The van der Waals surface area contributed by atoms with Crippen LogP contribution in [0, 0.1) is 27.7 Å². The summed E-state index contributed by atoms with van der Waals surface area (Å²) >= 11 is 0. The first-order valence-corrected chi connectivity index (χ1v) is 9.55. The molecule has 3 rings (SSSR count). The van der Waals surface area contributed by atoms with Crippen molar-refractivity contribution in [1.29, 1.82) is 0 Å². The minimum Gasteiger partial charge on any atom is -0.451 e. The quantitative estimate of drug-likeness (QED) is 0.494. The van der Waals surface area contributed by atoms with E-state index < -0.39 is 17.9 Å². The number of nitrogens with one attached hydrogen (secondary N) is 1. The summed E-state index contributed by atoms with van der Waals surface area (Å²) in [7, 11) is 0. The van der Waals surface area contributed by atoms with Crippen molar-refractivity contribution >= 4 is 17.5 Å². The molecule has 156 valence electrons. The van der Waals surface area contributed by atoms with Crippen molar-refractivity contribution in [2.75, 3.05) is 0 Å². The predicted molar refractivity (Wildman–Crippen MR) is 110 cm³/mol. The number of H-pyrrole nitrogens is 1. The van der Waals surface area contributed by atoms with E-state index in [1.165, 1.54) is 20.0 Å². The lowest BCUT2D eigenvalue weighted by molar-refractivity contribution is 0.0316.